The predicted molar refractivity (Wildman–Crippen MR) is 34.1 cm³/mol. The maximum atomic E-state index is 7.33. The van der Waals surface area contributed by atoms with E-state index in [0.29, 0.717) is 0 Å². The van der Waals surface area contributed by atoms with Gasteiger partial charge >= 0.3 is 0 Å². The third-order valence-corrected chi connectivity index (χ3v) is 3.38. The van der Waals surface area contributed by atoms with E-state index in [1.54, 1.807) is 0 Å². The average molecular weight is 115 g/mol. The fourth-order valence-corrected chi connectivity index (χ4v) is 0. The lowest BCUT2D eigenvalue weighted by Crippen LogP contribution is -2.09. The number of rotatable bonds is 0. The molecule has 0 aromatic heterocycles. The standard InChI is InChI=1S/C5H13NSi/c1-5(2,3)7(4)6/h6H,1-4H3. The van der Waals surface area contributed by atoms with Crippen LogP contribution in [0.3, 0.4) is 0 Å². The lowest BCUT2D eigenvalue weighted by Gasteiger charge is -2.13. The van der Waals surface area contributed by atoms with Gasteiger partial charge in [0.05, 0.1) is 0 Å². The molecule has 0 aromatic rings. The second kappa shape index (κ2) is 1.86. The van der Waals surface area contributed by atoms with E-state index in [1.807, 2.05) is 6.55 Å². The minimum Gasteiger partial charge on any atom is -0.352 e. The first-order valence-electron chi connectivity index (χ1n) is 2.50. The molecule has 0 radical (unpaired) electrons. The van der Waals surface area contributed by atoms with Crippen LogP contribution in [0.4, 0.5) is 0 Å². The Labute approximate surface area is 46.9 Å². The summed E-state index contributed by atoms with van der Waals surface area (Å²) in [5.41, 5.74) is 0. The van der Waals surface area contributed by atoms with Gasteiger partial charge in [0.25, 0.3) is 0 Å². The first kappa shape index (κ1) is 7.02. The van der Waals surface area contributed by atoms with Gasteiger partial charge in [-0.15, -0.1) is 0 Å². The van der Waals surface area contributed by atoms with E-state index >= 15 is 0 Å². The maximum absolute atomic E-state index is 7.33. The largest absolute Gasteiger partial charge is 0.352 e. The topological polar surface area (TPSA) is 23.9 Å². The van der Waals surface area contributed by atoms with Gasteiger partial charge in [-0.2, -0.15) is 0 Å². The average Bonchev–Trinajstić information content (AvgIpc) is 1.31. The molecule has 0 bridgehead atoms. The van der Waals surface area contributed by atoms with Crippen molar-refractivity contribution >= 4 is 8.59 Å². The summed E-state index contributed by atoms with van der Waals surface area (Å²) in [6.07, 6.45) is 0. The Hall–Kier alpha value is 0.0169. The molecule has 0 aliphatic rings. The second-order valence-electron chi connectivity index (χ2n) is 2.88. The number of hydrogen-bond donors (Lipinski definition) is 1. The van der Waals surface area contributed by atoms with Crippen LogP contribution in [-0.4, -0.2) is 8.59 Å². The highest BCUT2D eigenvalue weighted by atomic mass is 28.2. The molecule has 0 spiro atoms. The third kappa shape index (κ3) is 2.68. The van der Waals surface area contributed by atoms with Gasteiger partial charge in [-0.3, -0.25) is 0 Å². The van der Waals surface area contributed by atoms with Crippen LogP contribution in [0.2, 0.25) is 11.6 Å². The molecule has 0 aliphatic carbocycles. The first-order chi connectivity index (χ1) is 2.94. The molecule has 0 rings (SSSR count). The highest BCUT2D eigenvalue weighted by molar-refractivity contribution is 6.46. The van der Waals surface area contributed by atoms with Crippen LogP contribution < -0.4 is 0 Å². The Bertz CT molecular complexity index is 80.6. The van der Waals surface area contributed by atoms with E-state index in [2.05, 4.69) is 20.8 Å². The van der Waals surface area contributed by atoms with E-state index in [-0.39, 0.29) is 5.04 Å². The highest BCUT2D eigenvalue weighted by Crippen LogP contribution is 2.21. The van der Waals surface area contributed by atoms with Crippen molar-refractivity contribution in [1.29, 1.82) is 5.05 Å². The Morgan fingerprint density at radius 2 is 1.43 bits per heavy atom. The zero-order chi connectivity index (χ0) is 6.08. The second-order valence-corrected chi connectivity index (χ2v) is 5.62. The van der Waals surface area contributed by atoms with Crippen LogP contribution in [0, 0.1) is 5.05 Å². The third-order valence-electron chi connectivity index (χ3n) is 1.12. The number of nitrogens with one attached hydrogen (secondary N) is 1. The molecule has 0 amide bonds. The highest BCUT2D eigenvalue weighted by Gasteiger charge is 2.12. The van der Waals surface area contributed by atoms with Gasteiger partial charge in [-0.25, -0.2) is 0 Å². The summed E-state index contributed by atoms with van der Waals surface area (Å²) in [5, 5.41) is 7.60. The molecule has 0 saturated carbocycles. The van der Waals surface area contributed by atoms with Gasteiger partial charge in [0.15, 0.2) is 0 Å². The van der Waals surface area contributed by atoms with Crippen LogP contribution in [0.5, 0.6) is 0 Å². The van der Waals surface area contributed by atoms with E-state index in [4.69, 9.17) is 5.05 Å². The summed E-state index contributed by atoms with van der Waals surface area (Å²) >= 11 is 0. The summed E-state index contributed by atoms with van der Waals surface area (Å²) in [6.45, 7) is 8.38. The van der Waals surface area contributed by atoms with Crippen LogP contribution in [0.25, 0.3) is 0 Å². The normalized spacial score (nSPS) is 11.4. The van der Waals surface area contributed by atoms with Crippen molar-refractivity contribution in [3.63, 3.8) is 0 Å². The summed E-state index contributed by atoms with van der Waals surface area (Å²) < 4.78 is 0. The fourth-order valence-electron chi connectivity index (χ4n) is 0. The smallest absolute Gasteiger partial charge is 0.119 e. The van der Waals surface area contributed by atoms with Gasteiger partial charge in [0.1, 0.15) is 8.59 Å². The Balaban J connectivity index is 3.79. The van der Waals surface area contributed by atoms with Crippen molar-refractivity contribution in [2.45, 2.75) is 32.4 Å². The molecule has 0 saturated heterocycles. The minimum absolute atomic E-state index is 0.269. The van der Waals surface area contributed by atoms with Gasteiger partial charge < -0.3 is 5.05 Å². The molecule has 0 atom stereocenters. The van der Waals surface area contributed by atoms with Crippen LogP contribution >= 0.6 is 0 Å². The molecule has 7 heavy (non-hydrogen) atoms. The van der Waals surface area contributed by atoms with Crippen molar-refractivity contribution in [2.75, 3.05) is 0 Å². The Kier molecular flexibility index (Phi) is 1.87. The molecule has 0 unspecified atom stereocenters. The lowest BCUT2D eigenvalue weighted by atomic mass is 10.3. The van der Waals surface area contributed by atoms with Gasteiger partial charge in [-0.1, -0.05) is 20.8 Å². The van der Waals surface area contributed by atoms with Gasteiger partial charge in [0.2, 0.25) is 0 Å². The van der Waals surface area contributed by atoms with Crippen molar-refractivity contribution in [3.8, 4) is 0 Å². The van der Waals surface area contributed by atoms with Crippen molar-refractivity contribution in [1.82, 2.24) is 0 Å². The fraction of sp³-hybridized carbons (Fsp3) is 1.00. The quantitative estimate of drug-likeness (QED) is 0.468. The lowest BCUT2D eigenvalue weighted by molar-refractivity contribution is 0.742. The van der Waals surface area contributed by atoms with Crippen LogP contribution in [-0.2, 0) is 0 Å². The van der Waals surface area contributed by atoms with E-state index in [1.165, 1.54) is 0 Å². The Morgan fingerprint density at radius 3 is 1.43 bits per heavy atom. The van der Waals surface area contributed by atoms with Gasteiger partial charge in [-0.05, 0) is 11.6 Å². The zero-order valence-corrected chi connectivity index (χ0v) is 6.50. The van der Waals surface area contributed by atoms with Crippen LogP contribution in [0.1, 0.15) is 20.8 Å². The van der Waals surface area contributed by atoms with Crippen molar-refractivity contribution < 1.29 is 0 Å². The summed E-state index contributed by atoms with van der Waals surface area (Å²) in [4.78, 5) is 0. The molecular formula is C5H13NSi. The summed E-state index contributed by atoms with van der Waals surface area (Å²) in [7, 11) is -0.800. The van der Waals surface area contributed by atoms with Gasteiger partial charge in [0, 0.05) is 0 Å². The number of hydrogen-bond acceptors (Lipinski definition) is 1. The van der Waals surface area contributed by atoms with Crippen LogP contribution in [0.15, 0.2) is 0 Å². The monoisotopic (exact) mass is 115 g/mol. The molecule has 1 N–H and O–H groups in total. The molecule has 42 valence electrons. The minimum atomic E-state index is -0.800. The molecule has 1 nitrogen and oxygen atoms in total. The molecule has 0 aromatic carbocycles. The molecule has 0 fully saturated rings. The van der Waals surface area contributed by atoms with E-state index < -0.39 is 8.59 Å². The summed E-state index contributed by atoms with van der Waals surface area (Å²) in [6, 6.07) is 0. The first-order valence-corrected chi connectivity index (χ1v) is 4.50. The predicted octanol–water partition coefficient (Wildman–Crippen LogP) is 2.26. The molecule has 2 heteroatoms. The van der Waals surface area contributed by atoms with Crippen molar-refractivity contribution in [3.05, 3.63) is 0 Å². The van der Waals surface area contributed by atoms with E-state index in [0.717, 1.165) is 0 Å². The molecular weight excluding hydrogens is 102 g/mol. The summed E-state index contributed by atoms with van der Waals surface area (Å²) in [5.74, 6) is 0. The Morgan fingerprint density at radius 1 is 1.29 bits per heavy atom. The molecule has 0 heterocycles. The zero-order valence-electron chi connectivity index (χ0n) is 5.50. The maximum Gasteiger partial charge on any atom is 0.119 e. The van der Waals surface area contributed by atoms with Crippen molar-refractivity contribution in [2.24, 2.45) is 0 Å². The SMILES string of the molecule is C[Si](=N)C(C)(C)C. The van der Waals surface area contributed by atoms with E-state index in [9.17, 15) is 0 Å². The molecule has 0 aliphatic heterocycles.